The maximum atomic E-state index is 12.8. The van der Waals surface area contributed by atoms with Crippen LogP contribution in [0.5, 0.6) is 5.75 Å². The van der Waals surface area contributed by atoms with E-state index in [9.17, 15) is 4.79 Å². The number of amides is 1. The van der Waals surface area contributed by atoms with E-state index in [-0.39, 0.29) is 12.3 Å². The van der Waals surface area contributed by atoms with Crippen molar-refractivity contribution in [2.75, 3.05) is 5.32 Å². The summed E-state index contributed by atoms with van der Waals surface area (Å²) in [4.78, 5) is 12.8. The Balaban J connectivity index is 1.43. The third-order valence-corrected chi connectivity index (χ3v) is 5.45. The molecule has 0 saturated carbocycles. The molecule has 0 radical (unpaired) electrons. The summed E-state index contributed by atoms with van der Waals surface area (Å²) in [7, 11) is 0. The molecule has 0 unspecified atom stereocenters. The summed E-state index contributed by atoms with van der Waals surface area (Å²) >= 11 is 3.43. The molecule has 0 spiro atoms. The van der Waals surface area contributed by atoms with Gasteiger partial charge in [0.25, 0.3) is 5.91 Å². The van der Waals surface area contributed by atoms with Crippen LogP contribution in [-0.4, -0.2) is 20.8 Å². The van der Waals surface area contributed by atoms with Gasteiger partial charge in [-0.05, 0) is 61.7 Å². The summed E-state index contributed by atoms with van der Waals surface area (Å²) in [6.07, 6.45) is 1.82. The molecule has 4 aromatic rings. The summed E-state index contributed by atoms with van der Waals surface area (Å²) in [6.45, 7) is 6.57. The molecule has 1 N–H and O–H groups in total. The van der Waals surface area contributed by atoms with Gasteiger partial charge in [-0.3, -0.25) is 9.48 Å². The average Bonchev–Trinajstić information content (AvgIpc) is 3.33. The van der Waals surface area contributed by atoms with Crippen molar-refractivity contribution in [3.63, 3.8) is 0 Å². The number of anilines is 1. The van der Waals surface area contributed by atoms with Crippen LogP contribution in [0.3, 0.4) is 0 Å². The van der Waals surface area contributed by atoms with E-state index < -0.39 is 5.91 Å². The van der Waals surface area contributed by atoms with Crippen LogP contribution < -0.4 is 10.1 Å². The lowest BCUT2D eigenvalue weighted by Crippen LogP contribution is -2.16. The molecule has 0 aliphatic carbocycles. The van der Waals surface area contributed by atoms with Crippen LogP contribution in [0.2, 0.25) is 0 Å². The van der Waals surface area contributed by atoms with Crippen molar-refractivity contribution in [2.45, 2.75) is 33.9 Å². The highest BCUT2D eigenvalue weighted by atomic mass is 79.9. The van der Waals surface area contributed by atoms with E-state index in [2.05, 4.69) is 37.6 Å². The molecule has 32 heavy (non-hydrogen) atoms. The number of nitrogens with one attached hydrogen (secondary N) is 1. The van der Waals surface area contributed by atoms with E-state index in [0.717, 1.165) is 26.9 Å². The van der Waals surface area contributed by atoms with Crippen molar-refractivity contribution < 1.29 is 14.1 Å². The minimum Gasteiger partial charge on any atom is -0.489 e. The lowest BCUT2D eigenvalue weighted by molar-refractivity contribution is 0.101. The molecule has 0 saturated heterocycles. The van der Waals surface area contributed by atoms with Gasteiger partial charge in [-0.1, -0.05) is 39.3 Å². The molecule has 164 valence electrons. The number of carbonyl (C=O) groups is 1. The van der Waals surface area contributed by atoms with E-state index in [1.54, 1.807) is 17.7 Å². The minimum atomic E-state index is -0.394. The Kier molecular flexibility index (Phi) is 6.41. The van der Waals surface area contributed by atoms with Gasteiger partial charge < -0.3 is 14.6 Å². The number of rotatable bonds is 7. The van der Waals surface area contributed by atoms with E-state index >= 15 is 0 Å². The molecular formula is C24H23BrN4O3. The van der Waals surface area contributed by atoms with E-state index in [0.29, 0.717) is 23.7 Å². The average molecular weight is 495 g/mol. The number of carbonyl (C=O) groups excluding carboxylic acids is 1. The van der Waals surface area contributed by atoms with Crippen LogP contribution in [0.25, 0.3) is 0 Å². The predicted molar refractivity (Wildman–Crippen MR) is 125 cm³/mol. The van der Waals surface area contributed by atoms with Crippen LogP contribution in [-0.2, 0) is 13.2 Å². The molecule has 7 nitrogen and oxygen atoms in total. The number of hydrogen-bond acceptors (Lipinski definition) is 5. The maximum Gasteiger partial charge on any atom is 0.279 e. The van der Waals surface area contributed by atoms with Crippen LogP contribution in [0.15, 0.2) is 63.7 Å². The number of aryl methyl sites for hydroxylation is 3. The zero-order valence-electron chi connectivity index (χ0n) is 18.1. The summed E-state index contributed by atoms with van der Waals surface area (Å²) < 4.78 is 14.0. The molecule has 0 aliphatic heterocycles. The lowest BCUT2D eigenvalue weighted by atomic mass is 10.1. The molecular weight excluding hydrogens is 472 g/mol. The zero-order valence-corrected chi connectivity index (χ0v) is 19.6. The highest BCUT2D eigenvalue weighted by Gasteiger charge is 2.21. The van der Waals surface area contributed by atoms with Gasteiger partial charge >= 0.3 is 0 Å². The van der Waals surface area contributed by atoms with E-state index in [4.69, 9.17) is 9.26 Å². The fraction of sp³-hybridized carbons (Fsp3) is 0.208. The number of halogens is 1. The molecule has 4 rings (SSSR count). The molecule has 0 atom stereocenters. The van der Waals surface area contributed by atoms with E-state index in [1.807, 2.05) is 56.4 Å². The molecule has 8 heteroatoms. The molecule has 0 bridgehead atoms. The third-order valence-electron chi connectivity index (χ3n) is 4.92. The van der Waals surface area contributed by atoms with Gasteiger partial charge in [-0.2, -0.15) is 5.10 Å². The molecule has 0 fully saturated rings. The lowest BCUT2D eigenvalue weighted by Gasteiger charge is -2.08. The van der Waals surface area contributed by atoms with Crippen molar-refractivity contribution in [1.29, 1.82) is 0 Å². The molecule has 1 amide bonds. The number of nitrogens with zero attached hydrogens (tertiary/aromatic N) is 3. The van der Waals surface area contributed by atoms with Crippen LogP contribution >= 0.6 is 15.9 Å². The SMILES string of the molecule is Cc1cc(C)cc(OCc2c(C(=O)Nc3ccn(Cc4ccc(Br)cc4)n3)noc2C)c1. The number of hydrogen-bond donors (Lipinski definition) is 1. The number of aromatic nitrogens is 3. The first-order chi connectivity index (χ1) is 15.4. The topological polar surface area (TPSA) is 82.2 Å². The summed E-state index contributed by atoms with van der Waals surface area (Å²) in [6, 6.07) is 15.7. The fourth-order valence-corrected chi connectivity index (χ4v) is 3.64. The van der Waals surface area contributed by atoms with Crippen LogP contribution in [0.1, 0.15) is 38.5 Å². The van der Waals surface area contributed by atoms with Gasteiger partial charge in [0.05, 0.1) is 12.1 Å². The van der Waals surface area contributed by atoms with Gasteiger partial charge in [0.2, 0.25) is 0 Å². The Morgan fingerprint density at radius 3 is 2.53 bits per heavy atom. The molecule has 2 aromatic heterocycles. The van der Waals surface area contributed by atoms with Crippen molar-refractivity contribution in [3.05, 3.63) is 92.9 Å². The maximum absolute atomic E-state index is 12.8. The van der Waals surface area contributed by atoms with Crippen molar-refractivity contribution in [1.82, 2.24) is 14.9 Å². The number of benzene rings is 2. The minimum absolute atomic E-state index is 0.180. The van der Waals surface area contributed by atoms with E-state index in [1.165, 1.54) is 0 Å². The van der Waals surface area contributed by atoms with Crippen LogP contribution in [0, 0.1) is 20.8 Å². The molecule has 2 aromatic carbocycles. The number of ether oxygens (including phenoxy) is 1. The Morgan fingerprint density at radius 1 is 1.09 bits per heavy atom. The fourth-order valence-electron chi connectivity index (χ4n) is 3.38. The second kappa shape index (κ2) is 9.40. The van der Waals surface area contributed by atoms with Crippen molar-refractivity contribution in [2.24, 2.45) is 0 Å². The standard InChI is InChI=1S/C24H23BrN4O3/c1-15-10-16(2)12-20(11-15)31-14-21-17(3)32-28-23(21)24(30)26-22-8-9-29(27-22)13-18-4-6-19(25)7-5-18/h4-12H,13-14H2,1-3H3,(H,26,27,30). The van der Waals surface area contributed by atoms with Gasteiger partial charge in [0.15, 0.2) is 11.5 Å². The highest BCUT2D eigenvalue weighted by molar-refractivity contribution is 9.10. The first-order valence-electron chi connectivity index (χ1n) is 10.1. The third kappa shape index (κ3) is 5.26. The largest absolute Gasteiger partial charge is 0.489 e. The Labute approximate surface area is 194 Å². The summed E-state index contributed by atoms with van der Waals surface area (Å²) in [5, 5.41) is 11.1. The first kappa shape index (κ1) is 21.8. The smallest absolute Gasteiger partial charge is 0.279 e. The second-order valence-corrected chi connectivity index (χ2v) is 8.57. The van der Waals surface area contributed by atoms with Gasteiger partial charge in [-0.15, -0.1) is 0 Å². The molecule has 0 aliphatic rings. The first-order valence-corrected chi connectivity index (χ1v) is 10.9. The molecule has 2 heterocycles. The quantitative estimate of drug-likeness (QED) is 0.369. The van der Waals surface area contributed by atoms with Gasteiger partial charge in [0.1, 0.15) is 18.1 Å². The highest BCUT2D eigenvalue weighted by Crippen LogP contribution is 2.21. The van der Waals surface area contributed by atoms with Gasteiger partial charge in [0, 0.05) is 16.7 Å². The van der Waals surface area contributed by atoms with Crippen molar-refractivity contribution >= 4 is 27.7 Å². The zero-order chi connectivity index (χ0) is 22.7. The van der Waals surface area contributed by atoms with Gasteiger partial charge in [-0.25, -0.2) is 0 Å². The van der Waals surface area contributed by atoms with Crippen LogP contribution in [0.4, 0.5) is 5.82 Å². The Hall–Kier alpha value is -3.39. The Morgan fingerprint density at radius 2 is 1.81 bits per heavy atom. The predicted octanol–water partition coefficient (Wildman–Crippen LogP) is 5.44. The monoisotopic (exact) mass is 494 g/mol. The second-order valence-electron chi connectivity index (χ2n) is 7.66. The van der Waals surface area contributed by atoms with Crippen molar-refractivity contribution in [3.8, 4) is 5.75 Å². The summed E-state index contributed by atoms with van der Waals surface area (Å²) in [5.41, 5.74) is 4.12. The Bertz CT molecular complexity index is 1220. The normalized spacial score (nSPS) is 10.9. The summed E-state index contributed by atoms with van der Waals surface area (Å²) in [5.74, 6) is 1.32.